The third-order valence-corrected chi connectivity index (χ3v) is 2.40. The molecule has 100 valence electrons. The summed E-state index contributed by atoms with van der Waals surface area (Å²) in [5, 5.41) is 12.2. The van der Waals surface area contributed by atoms with E-state index in [9.17, 15) is 18.7 Å². The van der Waals surface area contributed by atoms with Gasteiger partial charge in [0.1, 0.15) is 11.6 Å². The lowest BCUT2D eigenvalue weighted by molar-refractivity contribution is -0.122. The Morgan fingerprint density at radius 1 is 1.39 bits per heavy atom. The number of amides is 1. The van der Waals surface area contributed by atoms with Crippen LogP contribution in [0.1, 0.15) is 31.9 Å². The zero-order valence-electron chi connectivity index (χ0n) is 10.4. The van der Waals surface area contributed by atoms with Crippen LogP contribution in [0.2, 0.25) is 0 Å². The summed E-state index contributed by atoms with van der Waals surface area (Å²) in [4.78, 5) is 11.4. The molecule has 0 aliphatic heterocycles. The van der Waals surface area contributed by atoms with Gasteiger partial charge in [-0.25, -0.2) is 8.78 Å². The molecule has 0 aromatic heterocycles. The third-order valence-electron chi connectivity index (χ3n) is 2.40. The summed E-state index contributed by atoms with van der Waals surface area (Å²) in [6.07, 6.45) is -0.921. The lowest BCUT2D eigenvalue weighted by atomic mass is 10.1. The molecule has 0 radical (unpaired) electrons. The lowest BCUT2D eigenvalue weighted by Crippen LogP contribution is -2.29. The molecular weight excluding hydrogens is 240 g/mol. The molecule has 1 atom stereocenters. The predicted octanol–water partition coefficient (Wildman–Crippen LogP) is 2.16. The minimum absolute atomic E-state index is 0.133. The van der Waals surface area contributed by atoms with Crippen molar-refractivity contribution >= 4 is 5.91 Å². The molecule has 0 bridgehead atoms. The minimum atomic E-state index is -1.25. The zero-order valence-corrected chi connectivity index (χ0v) is 10.4. The third kappa shape index (κ3) is 4.41. The lowest BCUT2D eigenvalue weighted by Gasteiger charge is -2.13. The van der Waals surface area contributed by atoms with Crippen molar-refractivity contribution < 1.29 is 18.7 Å². The van der Waals surface area contributed by atoms with Gasteiger partial charge in [0.15, 0.2) is 0 Å². The van der Waals surface area contributed by atoms with Crippen molar-refractivity contribution in [2.75, 3.05) is 6.54 Å². The van der Waals surface area contributed by atoms with Gasteiger partial charge >= 0.3 is 0 Å². The van der Waals surface area contributed by atoms with Crippen LogP contribution in [0.15, 0.2) is 18.2 Å². The molecule has 0 fully saturated rings. The monoisotopic (exact) mass is 257 g/mol. The van der Waals surface area contributed by atoms with Gasteiger partial charge in [-0.05, 0) is 24.1 Å². The van der Waals surface area contributed by atoms with E-state index in [4.69, 9.17) is 0 Å². The summed E-state index contributed by atoms with van der Waals surface area (Å²) in [6.45, 7) is 3.65. The number of carbonyl (C=O) groups excluding carboxylic acids is 1. The fourth-order valence-electron chi connectivity index (χ4n) is 1.53. The van der Waals surface area contributed by atoms with Crippen LogP contribution in [0, 0.1) is 17.6 Å². The van der Waals surface area contributed by atoms with Crippen molar-refractivity contribution in [3.8, 4) is 0 Å². The maximum atomic E-state index is 13.3. The van der Waals surface area contributed by atoms with E-state index in [0.717, 1.165) is 18.2 Å². The molecule has 1 rings (SSSR count). The highest BCUT2D eigenvalue weighted by atomic mass is 19.1. The summed E-state index contributed by atoms with van der Waals surface area (Å²) >= 11 is 0. The van der Waals surface area contributed by atoms with Crippen LogP contribution < -0.4 is 5.32 Å². The SMILES string of the molecule is CC(C)CC(=O)NCC(O)c1cc(F)ccc1F. The maximum Gasteiger partial charge on any atom is 0.220 e. The summed E-state index contributed by atoms with van der Waals surface area (Å²) < 4.78 is 26.2. The Morgan fingerprint density at radius 2 is 2.06 bits per heavy atom. The van der Waals surface area contributed by atoms with E-state index in [1.165, 1.54) is 0 Å². The van der Waals surface area contributed by atoms with Crippen molar-refractivity contribution in [2.45, 2.75) is 26.4 Å². The van der Waals surface area contributed by atoms with Gasteiger partial charge in [-0.2, -0.15) is 0 Å². The van der Waals surface area contributed by atoms with E-state index in [1.807, 2.05) is 13.8 Å². The van der Waals surface area contributed by atoms with E-state index < -0.39 is 17.7 Å². The normalized spacial score (nSPS) is 12.6. The quantitative estimate of drug-likeness (QED) is 0.849. The Bertz CT molecular complexity index is 421. The van der Waals surface area contributed by atoms with Crippen molar-refractivity contribution in [1.29, 1.82) is 0 Å². The van der Waals surface area contributed by atoms with Crippen molar-refractivity contribution in [2.24, 2.45) is 5.92 Å². The number of aliphatic hydroxyl groups excluding tert-OH is 1. The van der Waals surface area contributed by atoms with Crippen LogP contribution in [0.4, 0.5) is 8.78 Å². The molecule has 0 aliphatic carbocycles. The van der Waals surface area contributed by atoms with E-state index in [0.29, 0.717) is 6.42 Å². The van der Waals surface area contributed by atoms with Gasteiger partial charge in [0.25, 0.3) is 0 Å². The van der Waals surface area contributed by atoms with E-state index >= 15 is 0 Å². The maximum absolute atomic E-state index is 13.3. The highest BCUT2D eigenvalue weighted by molar-refractivity contribution is 5.76. The topological polar surface area (TPSA) is 49.3 Å². The Kier molecular flexibility index (Phi) is 5.22. The first-order valence-electron chi connectivity index (χ1n) is 5.80. The predicted molar refractivity (Wildman–Crippen MR) is 63.8 cm³/mol. The summed E-state index contributed by atoms with van der Waals surface area (Å²) in [5.41, 5.74) is -0.153. The number of nitrogens with one attached hydrogen (secondary N) is 1. The summed E-state index contributed by atoms with van der Waals surface area (Å²) in [5.74, 6) is -1.34. The number of benzene rings is 1. The highest BCUT2D eigenvalue weighted by Gasteiger charge is 2.15. The van der Waals surface area contributed by atoms with Gasteiger partial charge < -0.3 is 10.4 Å². The number of hydrogen-bond acceptors (Lipinski definition) is 2. The Balaban J connectivity index is 2.57. The molecule has 0 spiro atoms. The van der Waals surface area contributed by atoms with E-state index in [-0.39, 0.29) is 23.9 Å². The summed E-state index contributed by atoms with van der Waals surface area (Å²) in [6, 6.07) is 2.85. The second-order valence-corrected chi connectivity index (χ2v) is 4.58. The van der Waals surface area contributed by atoms with Gasteiger partial charge in [-0.1, -0.05) is 13.8 Å². The second-order valence-electron chi connectivity index (χ2n) is 4.58. The zero-order chi connectivity index (χ0) is 13.7. The van der Waals surface area contributed by atoms with Crippen LogP contribution in [0.3, 0.4) is 0 Å². The Labute approximate surface area is 105 Å². The van der Waals surface area contributed by atoms with Crippen LogP contribution in [-0.4, -0.2) is 17.6 Å². The molecular formula is C13H17F2NO2. The number of carbonyl (C=O) groups is 1. The van der Waals surface area contributed by atoms with Gasteiger partial charge in [-0.3, -0.25) is 4.79 Å². The van der Waals surface area contributed by atoms with Crippen molar-refractivity contribution in [3.63, 3.8) is 0 Å². The smallest absolute Gasteiger partial charge is 0.220 e. The molecule has 18 heavy (non-hydrogen) atoms. The second kappa shape index (κ2) is 6.44. The Hall–Kier alpha value is -1.49. The van der Waals surface area contributed by atoms with Crippen LogP contribution in [-0.2, 0) is 4.79 Å². The van der Waals surface area contributed by atoms with Gasteiger partial charge in [0.2, 0.25) is 5.91 Å². The minimum Gasteiger partial charge on any atom is -0.386 e. The standard InChI is InChI=1S/C13H17F2NO2/c1-8(2)5-13(18)16-7-12(17)10-6-9(14)3-4-11(10)15/h3-4,6,8,12,17H,5,7H2,1-2H3,(H,16,18). The summed E-state index contributed by atoms with van der Waals surface area (Å²) in [7, 11) is 0. The molecule has 1 amide bonds. The van der Waals surface area contributed by atoms with Crippen LogP contribution in [0.25, 0.3) is 0 Å². The molecule has 5 heteroatoms. The molecule has 0 aliphatic rings. The number of aliphatic hydroxyl groups is 1. The average molecular weight is 257 g/mol. The van der Waals surface area contributed by atoms with Gasteiger partial charge in [0, 0.05) is 18.5 Å². The largest absolute Gasteiger partial charge is 0.386 e. The van der Waals surface area contributed by atoms with E-state index in [1.54, 1.807) is 0 Å². The molecule has 1 aromatic rings. The Morgan fingerprint density at radius 3 is 2.67 bits per heavy atom. The first kappa shape index (κ1) is 14.6. The molecule has 0 saturated heterocycles. The molecule has 0 saturated carbocycles. The molecule has 3 nitrogen and oxygen atoms in total. The first-order valence-corrected chi connectivity index (χ1v) is 5.80. The molecule has 1 unspecified atom stereocenters. The average Bonchev–Trinajstić information content (AvgIpc) is 2.28. The molecule has 1 aromatic carbocycles. The van der Waals surface area contributed by atoms with Crippen molar-refractivity contribution in [1.82, 2.24) is 5.32 Å². The molecule has 0 heterocycles. The first-order chi connectivity index (χ1) is 8.40. The highest BCUT2D eigenvalue weighted by Crippen LogP contribution is 2.17. The van der Waals surface area contributed by atoms with Gasteiger partial charge in [-0.15, -0.1) is 0 Å². The number of rotatable bonds is 5. The number of halogens is 2. The fraction of sp³-hybridized carbons (Fsp3) is 0.462. The number of hydrogen-bond donors (Lipinski definition) is 2. The fourth-order valence-corrected chi connectivity index (χ4v) is 1.53. The molecule has 2 N–H and O–H groups in total. The van der Waals surface area contributed by atoms with Crippen LogP contribution >= 0.6 is 0 Å². The van der Waals surface area contributed by atoms with Crippen LogP contribution in [0.5, 0.6) is 0 Å². The van der Waals surface area contributed by atoms with E-state index in [2.05, 4.69) is 5.32 Å². The van der Waals surface area contributed by atoms with Crippen molar-refractivity contribution in [3.05, 3.63) is 35.4 Å². The van der Waals surface area contributed by atoms with Gasteiger partial charge in [0.05, 0.1) is 6.10 Å².